The average Bonchev–Trinajstić information content (AvgIpc) is 2.92. The standard InChI is InChI=1S/C18H34N2O/c21-18-15-20(16-9-5-1-2-6-10-16)14-11-17(18)19-12-7-3-4-8-13-19/h16-18,21H,1-15H2/t17-,18-/m1/s1. The highest BCUT2D eigenvalue weighted by Gasteiger charge is 2.34. The quantitative estimate of drug-likeness (QED) is 0.793. The van der Waals surface area contributed by atoms with Gasteiger partial charge in [0.1, 0.15) is 0 Å². The largest absolute Gasteiger partial charge is 0.390 e. The minimum absolute atomic E-state index is 0.125. The van der Waals surface area contributed by atoms with E-state index in [1.807, 2.05) is 0 Å². The zero-order valence-electron chi connectivity index (χ0n) is 13.7. The average molecular weight is 294 g/mol. The normalized spacial score (nSPS) is 35.3. The lowest BCUT2D eigenvalue weighted by Gasteiger charge is -2.44. The van der Waals surface area contributed by atoms with Crippen molar-refractivity contribution in [1.82, 2.24) is 9.80 Å². The lowest BCUT2D eigenvalue weighted by molar-refractivity contribution is -0.0268. The maximum absolute atomic E-state index is 10.7. The Labute approximate surface area is 130 Å². The summed E-state index contributed by atoms with van der Waals surface area (Å²) in [5.74, 6) is 0. The molecule has 0 unspecified atom stereocenters. The van der Waals surface area contributed by atoms with Crippen molar-refractivity contribution in [3.63, 3.8) is 0 Å². The summed E-state index contributed by atoms with van der Waals surface area (Å²) in [5, 5.41) is 10.7. The summed E-state index contributed by atoms with van der Waals surface area (Å²) in [6, 6.07) is 1.19. The highest BCUT2D eigenvalue weighted by atomic mass is 16.3. The zero-order chi connectivity index (χ0) is 14.5. The minimum Gasteiger partial charge on any atom is -0.390 e. The van der Waals surface area contributed by atoms with Crippen LogP contribution in [0.2, 0.25) is 0 Å². The first-order chi connectivity index (χ1) is 10.3. The molecule has 1 N–H and O–H groups in total. The molecule has 3 aliphatic rings. The van der Waals surface area contributed by atoms with Crippen molar-refractivity contribution in [2.24, 2.45) is 0 Å². The molecule has 122 valence electrons. The van der Waals surface area contributed by atoms with Gasteiger partial charge in [-0.1, -0.05) is 38.5 Å². The number of aliphatic hydroxyl groups is 1. The van der Waals surface area contributed by atoms with Crippen LogP contribution in [0.1, 0.15) is 70.6 Å². The Morgan fingerprint density at radius 2 is 1.24 bits per heavy atom. The number of hydrogen-bond acceptors (Lipinski definition) is 3. The summed E-state index contributed by atoms with van der Waals surface area (Å²) < 4.78 is 0. The Kier molecular flexibility index (Phi) is 5.96. The van der Waals surface area contributed by atoms with Crippen molar-refractivity contribution < 1.29 is 5.11 Å². The van der Waals surface area contributed by atoms with Crippen molar-refractivity contribution in [3.05, 3.63) is 0 Å². The second kappa shape index (κ2) is 7.94. The predicted octanol–water partition coefficient (Wildman–Crippen LogP) is 3.02. The third kappa shape index (κ3) is 4.20. The smallest absolute Gasteiger partial charge is 0.0822 e. The van der Waals surface area contributed by atoms with Gasteiger partial charge in [-0.15, -0.1) is 0 Å². The zero-order valence-corrected chi connectivity index (χ0v) is 13.7. The molecule has 0 aromatic heterocycles. The molecule has 2 heterocycles. The van der Waals surface area contributed by atoms with Gasteiger partial charge < -0.3 is 5.11 Å². The molecular weight excluding hydrogens is 260 g/mol. The monoisotopic (exact) mass is 294 g/mol. The maximum Gasteiger partial charge on any atom is 0.0822 e. The molecule has 0 spiro atoms. The van der Waals surface area contributed by atoms with Gasteiger partial charge in [0.05, 0.1) is 6.10 Å². The molecule has 0 aromatic rings. The molecule has 3 rings (SSSR count). The van der Waals surface area contributed by atoms with Crippen LogP contribution in [0.4, 0.5) is 0 Å². The number of rotatable bonds is 2. The van der Waals surface area contributed by atoms with Gasteiger partial charge in [-0.25, -0.2) is 0 Å². The summed E-state index contributed by atoms with van der Waals surface area (Å²) in [6.45, 7) is 4.56. The third-order valence-electron chi connectivity index (χ3n) is 6.03. The number of β-amino-alcohol motifs (C(OH)–C–C–N with tert-alkyl or cyclic N) is 1. The number of likely N-dealkylation sites (tertiary alicyclic amines) is 2. The number of nitrogens with zero attached hydrogens (tertiary/aromatic N) is 2. The summed E-state index contributed by atoms with van der Waals surface area (Å²) >= 11 is 0. The molecule has 3 nitrogen and oxygen atoms in total. The van der Waals surface area contributed by atoms with Crippen LogP contribution in [-0.2, 0) is 0 Å². The fourth-order valence-electron chi connectivity index (χ4n) is 4.75. The van der Waals surface area contributed by atoms with Gasteiger partial charge in [-0.3, -0.25) is 9.80 Å². The molecule has 1 aliphatic carbocycles. The van der Waals surface area contributed by atoms with Gasteiger partial charge in [-0.2, -0.15) is 0 Å². The second-order valence-corrected chi connectivity index (χ2v) is 7.51. The molecule has 0 radical (unpaired) electrons. The van der Waals surface area contributed by atoms with Crippen molar-refractivity contribution in [1.29, 1.82) is 0 Å². The molecule has 0 amide bonds. The lowest BCUT2D eigenvalue weighted by Crippen LogP contribution is -2.56. The van der Waals surface area contributed by atoms with Gasteiger partial charge in [0.2, 0.25) is 0 Å². The number of aliphatic hydroxyl groups excluding tert-OH is 1. The van der Waals surface area contributed by atoms with E-state index in [9.17, 15) is 5.11 Å². The summed E-state index contributed by atoms with van der Waals surface area (Å²) in [6.07, 6.45) is 14.8. The van der Waals surface area contributed by atoms with Gasteiger partial charge in [0.15, 0.2) is 0 Å². The van der Waals surface area contributed by atoms with E-state index in [-0.39, 0.29) is 6.10 Å². The van der Waals surface area contributed by atoms with Gasteiger partial charge >= 0.3 is 0 Å². The van der Waals surface area contributed by atoms with Crippen molar-refractivity contribution in [3.8, 4) is 0 Å². The lowest BCUT2D eigenvalue weighted by atomic mass is 9.96. The highest BCUT2D eigenvalue weighted by Crippen LogP contribution is 2.27. The first kappa shape index (κ1) is 15.8. The molecule has 2 atom stereocenters. The van der Waals surface area contributed by atoms with Crippen LogP contribution >= 0.6 is 0 Å². The van der Waals surface area contributed by atoms with E-state index in [2.05, 4.69) is 9.80 Å². The van der Waals surface area contributed by atoms with E-state index in [1.165, 1.54) is 90.3 Å². The topological polar surface area (TPSA) is 26.7 Å². The molecule has 3 fully saturated rings. The minimum atomic E-state index is -0.125. The Bertz CT molecular complexity index is 294. The molecule has 2 saturated heterocycles. The predicted molar refractivity (Wildman–Crippen MR) is 87.5 cm³/mol. The Hall–Kier alpha value is -0.120. The van der Waals surface area contributed by atoms with Crippen LogP contribution in [0, 0.1) is 0 Å². The maximum atomic E-state index is 10.7. The second-order valence-electron chi connectivity index (χ2n) is 7.51. The summed E-state index contributed by atoms with van der Waals surface area (Å²) in [5.41, 5.74) is 0. The first-order valence-electron chi connectivity index (χ1n) is 9.51. The Balaban J connectivity index is 1.53. The summed E-state index contributed by atoms with van der Waals surface area (Å²) in [7, 11) is 0. The molecule has 3 heteroatoms. The molecule has 0 bridgehead atoms. The molecule has 1 saturated carbocycles. The van der Waals surface area contributed by atoms with E-state index in [1.54, 1.807) is 0 Å². The fourth-order valence-corrected chi connectivity index (χ4v) is 4.75. The van der Waals surface area contributed by atoms with Crippen molar-refractivity contribution in [2.45, 2.75) is 88.8 Å². The van der Waals surface area contributed by atoms with Crippen LogP contribution in [-0.4, -0.2) is 59.3 Å². The van der Waals surface area contributed by atoms with Crippen LogP contribution in [0.25, 0.3) is 0 Å². The number of piperidine rings is 1. The molecule has 2 aliphatic heterocycles. The van der Waals surface area contributed by atoms with Crippen LogP contribution < -0.4 is 0 Å². The third-order valence-corrected chi connectivity index (χ3v) is 6.03. The fraction of sp³-hybridized carbons (Fsp3) is 1.00. The van der Waals surface area contributed by atoms with Gasteiger partial charge in [0, 0.05) is 25.2 Å². The number of hydrogen-bond donors (Lipinski definition) is 1. The van der Waals surface area contributed by atoms with Crippen LogP contribution in [0.15, 0.2) is 0 Å². The molecule has 21 heavy (non-hydrogen) atoms. The van der Waals surface area contributed by atoms with Crippen LogP contribution in [0.3, 0.4) is 0 Å². The van der Waals surface area contributed by atoms with E-state index in [0.717, 1.165) is 12.6 Å². The van der Waals surface area contributed by atoms with Crippen LogP contribution in [0.5, 0.6) is 0 Å². The van der Waals surface area contributed by atoms with E-state index < -0.39 is 0 Å². The summed E-state index contributed by atoms with van der Waals surface area (Å²) in [4.78, 5) is 5.21. The van der Waals surface area contributed by atoms with Crippen molar-refractivity contribution in [2.75, 3.05) is 26.2 Å². The molecular formula is C18H34N2O. The Morgan fingerprint density at radius 3 is 1.86 bits per heavy atom. The van der Waals surface area contributed by atoms with E-state index in [4.69, 9.17) is 0 Å². The van der Waals surface area contributed by atoms with E-state index in [0.29, 0.717) is 6.04 Å². The molecule has 0 aromatic carbocycles. The SMILES string of the molecule is O[C@@H]1CN(C2CCCCCC2)CC[C@H]1N1CCCCCC1. The van der Waals surface area contributed by atoms with Gasteiger partial charge in [0.25, 0.3) is 0 Å². The van der Waals surface area contributed by atoms with Crippen molar-refractivity contribution >= 4 is 0 Å². The Morgan fingerprint density at radius 1 is 0.619 bits per heavy atom. The van der Waals surface area contributed by atoms with Gasteiger partial charge in [-0.05, 0) is 45.2 Å². The highest BCUT2D eigenvalue weighted by molar-refractivity contribution is 4.90. The van der Waals surface area contributed by atoms with E-state index >= 15 is 0 Å². The first-order valence-corrected chi connectivity index (χ1v) is 9.51.